The van der Waals surface area contributed by atoms with E-state index in [0.29, 0.717) is 23.3 Å². The van der Waals surface area contributed by atoms with Gasteiger partial charge in [-0.25, -0.2) is 4.98 Å². The van der Waals surface area contributed by atoms with Gasteiger partial charge in [0.1, 0.15) is 5.75 Å². The summed E-state index contributed by atoms with van der Waals surface area (Å²) in [6, 6.07) is 17.1. The highest BCUT2D eigenvalue weighted by atomic mass is 35.5. The number of benzene rings is 2. The van der Waals surface area contributed by atoms with Crippen molar-refractivity contribution in [2.45, 2.75) is 19.9 Å². The summed E-state index contributed by atoms with van der Waals surface area (Å²) < 4.78 is 6.68. The minimum Gasteiger partial charge on any atom is -0.493 e. The van der Waals surface area contributed by atoms with Gasteiger partial charge in [-0.1, -0.05) is 41.1 Å². The van der Waals surface area contributed by atoms with Crippen LogP contribution in [0.25, 0.3) is 10.2 Å². The topological polar surface area (TPSA) is 55.3 Å². The second kappa shape index (κ2) is 9.24. The minimum atomic E-state index is -0.0504. The molecular weight excluding hydrogens is 418 g/mol. The number of carbonyl (C=O) groups excluding carboxylic acids is 1. The molecule has 4 rings (SSSR count). The molecule has 0 saturated heterocycles. The predicted octanol–water partition coefficient (Wildman–Crippen LogP) is 5.66. The van der Waals surface area contributed by atoms with Crippen molar-refractivity contribution in [2.24, 2.45) is 0 Å². The van der Waals surface area contributed by atoms with Gasteiger partial charge in [0.2, 0.25) is 5.91 Å². The van der Waals surface area contributed by atoms with Gasteiger partial charge in [0, 0.05) is 17.4 Å². The van der Waals surface area contributed by atoms with Gasteiger partial charge in [0.05, 0.1) is 29.8 Å². The highest BCUT2D eigenvalue weighted by Crippen LogP contribution is 2.34. The van der Waals surface area contributed by atoms with Gasteiger partial charge < -0.3 is 4.74 Å². The summed E-state index contributed by atoms with van der Waals surface area (Å²) in [5.41, 5.74) is 2.84. The molecule has 0 aliphatic heterocycles. The number of carbonyl (C=O) groups is 1. The lowest BCUT2D eigenvalue weighted by Gasteiger charge is -2.20. The molecular formula is C23H20ClN3O2S. The number of fused-ring (bicyclic) bond motifs is 1. The number of thiazole rings is 1. The maximum atomic E-state index is 13.1. The number of halogens is 1. The molecule has 5 nitrogen and oxygen atoms in total. The Morgan fingerprint density at radius 2 is 1.90 bits per heavy atom. The summed E-state index contributed by atoms with van der Waals surface area (Å²) in [6.07, 6.45) is 3.69. The number of anilines is 1. The highest BCUT2D eigenvalue weighted by Gasteiger charge is 2.21. The maximum absolute atomic E-state index is 13.1. The van der Waals surface area contributed by atoms with Gasteiger partial charge in [0.15, 0.2) is 5.13 Å². The van der Waals surface area contributed by atoms with Crippen molar-refractivity contribution in [3.05, 3.63) is 83.1 Å². The molecule has 0 unspecified atom stereocenters. The number of hydrogen-bond acceptors (Lipinski definition) is 5. The zero-order valence-electron chi connectivity index (χ0n) is 16.4. The molecule has 0 aliphatic rings. The van der Waals surface area contributed by atoms with Gasteiger partial charge in [0.25, 0.3) is 0 Å². The number of nitrogens with zero attached hydrogens (tertiary/aromatic N) is 3. The van der Waals surface area contributed by atoms with E-state index in [0.717, 1.165) is 27.1 Å². The van der Waals surface area contributed by atoms with E-state index >= 15 is 0 Å². The molecule has 2 aromatic carbocycles. The van der Waals surface area contributed by atoms with Crippen molar-refractivity contribution >= 4 is 44.2 Å². The Hall–Kier alpha value is -2.96. The Morgan fingerprint density at radius 1 is 1.13 bits per heavy atom. The lowest BCUT2D eigenvalue weighted by atomic mass is 10.2. The van der Waals surface area contributed by atoms with E-state index in [1.54, 1.807) is 17.3 Å². The Kier molecular flexibility index (Phi) is 6.26. The maximum Gasteiger partial charge on any atom is 0.232 e. The lowest BCUT2D eigenvalue weighted by Crippen LogP contribution is -2.31. The average Bonchev–Trinajstić information content (AvgIpc) is 3.17. The van der Waals surface area contributed by atoms with E-state index in [1.165, 1.54) is 11.3 Å². The van der Waals surface area contributed by atoms with Crippen LogP contribution >= 0.6 is 22.9 Å². The molecule has 2 heterocycles. The van der Waals surface area contributed by atoms with Crippen molar-refractivity contribution in [1.82, 2.24) is 9.97 Å². The third kappa shape index (κ3) is 4.78. The monoisotopic (exact) mass is 437 g/mol. The van der Waals surface area contributed by atoms with Gasteiger partial charge >= 0.3 is 0 Å². The molecule has 0 spiro atoms. The second-order valence-electron chi connectivity index (χ2n) is 6.81. The van der Waals surface area contributed by atoms with Crippen molar-refractivity contribution < 1.29 is 9.53 Å². The average molecular weight is 438 g/mol. The summed E-state index contributed by atoms with van der Waals surface area (Å²) in [4.78, 5) is 23.7. The summed E-state index contributed by atoms with van der Waals surface area (Å²) in [5.74, 6) is 0.696. The summed E-state index contributed by atoms with van der Waals surface area (Å²) >= 11 is 7.67. The first-order valence-corrected chi connectivity index (χ1v) is 10.7. The standard InChI is InChI=1S/C23H20ClN3O2S/c1-16-13-18(24)14-20-22(16)26-23(30-20)27(15-17-7-10-25-11-8-17)21(28)9-12-29-19-5-3-2-4-6-19/h2-8,10-11,13-14H,9,12,15H2,1H3. The summed E-state index contributed by atoms with van der Waals surface area (Å²) in [5, 5.41) is 1.32. The van der Waals surface area contributed by atoms with Crippen LogP contribution in [0.4, 0.5) is 5.13 Å². The number of aryl methyl sites for hydroxylation is 1. The number of para-hydroxylation sites is 1. The fraction of sp³-hybridized carbons (Fsp3) is 0.174. The van der Waals surface area contributed by atoms with Crippen molar-refractivity contribution in [2.75, 3.05) is 11.5 Å². The van der Waals surface area contributed by atoms with E-state index in [2.05, 4.69) is 4.98 Å². The van der Waals surface area contributed by atoms with Crippen LogP contribution in [0.1, 0.15) is 17.5 Å². The molecule has 2 aromatic heterocycles. The smallest absolute Gasteiger partial charge is 0.232 e. The lowest BCUT2D eigenvalue weighted by molar-refractivity contribution is -0.119. The second-order valence-corrected chi connectivity index (χ2v) is 8.26. The third-order valence-corrected chi connectivity index (χ3v) is 5.83. The molecule has 4 aromatic rings. The zero-order valence-corrected chi connectivity index (χ0v) is 18.0. The highest BCUT2D eigenvalue weighted by molar-refractivity contribution is 7.22. The van der Waals surface area contributed by atoms with E-state index in [9.17, 15) is 4.79 Å². The first-order valence-electron chi connectivity index (χ1n) is 9.54. The first kappa shape index (κ1) is 20.3. The normalized spacial score (nSPS) is 10.9. The molecule has 0 atom stereocenters. The molecule has 30 heavy (non-hydrogen) atoms. The third-order valence-electron chi connectivity index (χ3n) is 4.59. The van der Waals surface area contributed by atoms with Crippen molar-refractivity contribution in [1.29, 1.82) is 0 Å². The number of rotatable bonds is 7. The van der Waals surface area contributed by atoms with Crippen LogP contribution in [0.5, 0.6) is 5.75 Å². The van der Waals surface area contributed by atoms with E-state index in [-0.39, 0.29) is 12.3 Å². The quantitative estimate of drug-likeness (QED) is 0.374. The van der Waals surface area contributed by atoms with Crippen LogP contribution in [-0.4, -0.2) is 22.5 Å². The molecule has 0 aliphatic carbocycles. The van der Waals surface area contributed by atoms with Crippen LogP contribution in [-0.2, 0) is 11.3 Å². The van der Waals surface area contributed by atoms with Crippen LogP contribution < -0.4 is 9.64 Å². The molecule has 0 N–H and O–H groups in total. The Labute approximate surface area is 183 Å². The summed E-state index contributed by atoms with van der Waals surface area (Å²) in [6.45, 7) is 2.69. The predicted molar refractivity (Wildman–Crippen MR) is 121 cm³/mol. The van der Waals surface area contributed by atoms with Crippen LogP contribution in [0, 0.1) is 6.92 Å². The van der Waals surface area contributed by atoms with Gasteiger partial charge in [-0.05, 0) is 54.4 Å². The fourth-order valence-electron chi connectivity index (χ4n) is 3.10. The van der Waals surface area contributed by atoms with Crippen LogP contribution in [0.15, 0.2) is 67.0 Å². The number of pyridine rings is 1. The van der Waals surface area contributed by atoms with Crippen molar-refractivity contribution in [3.8, 4) is 5.75 Å². The Balaban J connectivity index is 1.57. The van der Waals surface area contributed by atoms with E-state index in [4.69, 9.17) is 21.3 Å². The molecule has 0 radical (unpaired) electrons. The van der Waals surface area contributed by atoms with Crippen molar-refractivity contribution in [3.63, 3.8) is 0 Å². The minimum absolute atomic E-state index is 0.0504. The molecule has 0 bridgehead atoms. The van der Waals surface area contributed by atoms with Crippen LogP contribution in [0.2, 0.25) is 5.02 Å². The number of ether oxygens (including phenoxy) is 1. The molecule has 1 amide bonds. The molecule has 0 saturated carbocycles. The fourth-order valence-corrected chi connectivity index (χ4v) is 4.54. The largest absolute Gasteiger partial charge is 0.493 e. The van der Waals surface area contributed by atoms with Crippen LogP contribution in [0.3, 0.4) is 0 Å². The number of amides is 1. The van der Waals surface area contributed by atoms with Gasteiger partial charge in [-0.2, -0.15) is 0 Å². The first-order chi connectivity index (χ1) is 14.6. The molecule has 0 fully saturated rings. The molecule has 7 heteroatoms. The number of aromatic nitrogens is 2. The van der Waals surface area contributed by atoms with Gasteiger partial charge in [-0.15, -0.1) is 0 Å². The summed E-state index contributed by atoms with van der Waals surface area (Å²) in [7, 11) is 0. The SMILES string of the molecule is Cc1cc(Cl)cc2sc(N(Cc3ccncc3)C(=O)CCOc3ccccc3)nc12. The van der Waals surface area contributed by atoms with Gasteiger partial charge in [-0.3, -0.25) is 14.7 Å². The number of hydrogen-bond donors (Lipinski definition) is 0. The Morgan fingerprint density at radius 3 is 2.67 bits per heavy atom. The zero-order chi connectivity index (χ0) is 20.9. The Bertz CT molecular complexity index is 1150. The van der Waals surface area contributed by atoms with E-state index in [1.807, 2.05) is 61.5 Å². The molecule has 152 valence electrons. The van der Waals surface area contributed by atoms with E-state index < -0.39 is 0 Å².